The van der Waals surface area contributed by atoms with E-state index in [-0.39, 0.29) is 16.5 Å². The fourth-order valence-corrected chi connectivity index (χ4v) is 2.96. The van der Waals surface area contributed by atoms with Crippen molar-refractivity contribution < 1.29 is 13.2 Å². The third-order valence-corrected chi connectivity index (χ3v) is 4.57. The molecule has 0 aliphatic rings. The van der Waals surface area contributed by atoms with Gasteiger partial charge in [0.2, 0.25) is 0 Å². The maximum absolute atomic E-state index is 12.3. The molecule has 8 heteroatoms. The first-order chi connectivity index (χ1) is 9.95. The fourth-order valence-electron chi connectivity index (χ4n) is 1.78. The minimum atomic E-state index is -3.71. The summed E-state index contributed by atoms with van der Waals surface area (Å²) in [5.74, 6) is -0.313. The molecule has 2 aromatic heterocycles. The van der Waals surface area contributed by atoms with Gasteiger partial charge in [0.05, 0.1) is 5.69 Å². The van der Waals surface area contributed by atoms with E-state index in [1.54, 1.807) is 6.92 Å². The van der Waals surface area contributed by atoms with Gasteiger partial charge in [-0.1, -0.05) is 13.3 Å². The summed E-state index contributed by atoms with van der Waals surface area (Å²) in [5.41, 5.74) is 0.827. The van der Waals surface area contributed by atoms with Crippen molar-refractivity contribution in [2.24, 2.45) is 0 Å². The summed E-state index contributed by atoms with van der Waals surface area (Å²) in [6.45, 7) is 4.30. The monoisotopic (exact) mass is 310 g/mol. The number of aromatic nitrogens is 3. The molecular weight excluding hydrogens is 292 g/mol. The van der Waals surface area contributed by atoms with Crippen LogP contribution in [0.5, 0.6) is 0 Å². The molecule has 0 fully saturated rings. The zero-order valence-corrected chi connectivity index (χ0v) is 12.8. The Hall–Kier alpha value is -2.09. The van der Waals surface area contributed by atoms with Gasteiger partial charge in [-0.25, -0.2) is 17.4 Å². The van der Waals surface area contributed by atoms with Crippen LogP contribution in [0.1, 0.15) is 35.9 Å². The number of hydrogen-bond acceptors (Lipinski definition) is 4. The minimum Gasteiger partial charge on any atom is -0.356 e. The van der Waals surface area contributed by atoms with E-state index in [0.717, 1.165) is 16.8 Å². The standard InChI is InChI=1S/C13H18N4O3S/c1-3-4-5-14-13(18)12-6-11(7-15-12)21(19,20)17-8-10(2)16-9-17/h6-9,15H,3-5H2,1-2H3,(H,14,18). The topological polar surface area (TPSA) is 96.8 Å². The second-order valence-corrected chi connectivity index (χ2v) is 6.55. The molecule has 1 amide bonds. The summed E-state index contributed by atoms with van der Waals surface area (Å²) in [7, 11) is -3.71. The van der Waals surface area contributed by atoms with Crippen LogP contribution >= 0.6 is 0 Å². The van der Waals surface area contributed by atoms with Crippen molar-refractivity contribution in [1.82, 2.24) is 19.3 Å². The van der Waals surface area contributed by atoms with Gasteiger partial charge in [0.25, 0.3) is 15.9 Å². The van der Waals surface area contributed by atoms with E-state index in [9.17, 15) is 13.2 Å². The lowest BCUT2D eigenvalue weighted by Gasteiger charge is -2.02. The second-order valence-electron chi connectivity index (χ2n) is 4.71. The van der Waals surface area contributed by atoms with Crippen LogP contribution in [0.4, 0.5) is 0 Å². The lowest BCUT2D eigenvalue weighted by atomic mass is 10.3. The van der Waals surface area contributed by atoms with E-state index in [1.165, 1.54) is 24.8 Å². The minimum absolute atomic E-state index is 0.0283. The van der Waals surface area contributed by atoms with Crippen molar-refractivity contribution in [2.75, 3.05) is 6.54 Å². The number of H-pyrrole nitrogens is 1. The number of nitrogens with one attached hydrogen (secondary N) is 2. The third kappa shape index (κ3) is 3.33. The van der Waals surface area contributed by atoms with Crippen LogP contribution in [-0.2, 0) is 10.0 Å². The molecule has 0 unspecified atom stereocenters. The van der Waals surface area contributed by atoms with Gasteiger partial charge in [-0.05, 0) is 19.4 Å². The Morgan fingerprint density at radius 2 is 2.24 bits per heavy atom. The lowest BCUT2D eigenvalue weighted by molar-refractivity contribution is 0.0948. The number of imidazole rings is 1. The zero-order chi connectivity index (χ0) is 15.5. The summed E-state index contributed by atoms with van der Waals surface area (Å²) in [6.07, 6.45) is 5.82. The number of aryl methyl sites for hydroxylation is 1. The summed E-state index contributed by atoms with van der Waals surface area (Å²) < 4.78 is 25.7. The van der Waals surface area contributed by atoms with Gasteiger partial charge in [-0.15, -0.1) is 0 Å². The van der Waals surface area contributed by atoms with Gasteiger partial charge in [0.1, 0.15) is 16.9 Å². The van der Waals surface area contributed by atoms with Crippen molar-refractivity contribution >= 4 is 15.9 Å². The van der Waals surface area contributed by atoms with Crippen LogP contribution < -0.4 is 5.32 Å². The number of carbonyl (C=O) groups excluding carboxylic acids is 1. The molecule has 0 aromatic carbocycles. The Morgan fingerprint density at radius 1 is 1.48 bits per heavy atom. The molecule has 0 aliphatic carbocycles. The smallest absolute Gasteiger partial charge is 0.270 e. The van der Waals surface area contributed by atoms with Gasteiger partial charge in [0, 0.05) is 18.9 Å². The number of amides is 1. The molecule has 2 rings (SSSR count). The van der Waals surface area contributed by atoms with Crippen molar-refractivity contribution in [1.29, 1.82) is 0 Å². The molecule has 0 spiro atoms. The second kappa shape index (κ2) is 6.13. The van der Waals surface area contributed by atoms with Crippen LogP contribution in [0, 0.1) is 6.92 Å². The maximum Gasteiger partial charge on any atom is 0.270 e. The Bertz CT molecular complexity index is 730. The predicted molar refractivity (Wildman–Crippen MR) is 77.6 cm³/mol. The van der Waals surface area contributed by atoms with E-state index in [0.29, 0.717) is 12.2 Å². The molecule has 0 aliphatic heterocycles. The average molecular weight is 310 g/mol. The number of nitrogens with zero attached hydrogens (tertiary/aromatic N) is 2. The van der Waals surface area contributed by atoms with Crippen LogP contribution in [0.15, 0.2) is 29.7 Å². The highest BCUT2D eigenvalue weighted by molar-refractivity contribution is 7.90. The lowest BCUT2D eigenvalue weighted by Crippen LogP contribution is -2.24. The number of hydrogen-bond donors (Lipinski definition) is 2. The summed E-state index contributed by atoms with van der Waals surface area (Å²) in [6, 6.07) is 1.33. The van der Waals surface area contributed by atoms with E-state index in [1.807, 2.05) is 6.92 Å². The van der Waals surface area contributed by atoms with Crippen molar-refractivity contribution in [2.45, 2.75) is 31.6 Å². The Labute approximate surface area is 123 Å². The first kappa shape index (κ1) is 15.3. The summed E-state index contributed by atoms with van der Waals surface area (Å²) in [5, 5.41) is 2.72. The zero-order valence-electron chi connectivity index (χ0n) is 12.0. The average Bonchev–Trinajstić information content (AvgIpc) is 3.08. The Kier molecular flexibility index (Phi) is 4.46. The Balaban J connectivity index is 2.18. The molecular formula is C13H18N4O3S. The highest BCUT2D eigenvalue weighted by Gasteiger charge is 2.20. The molecule has 0 saturated carbocycles. The number of unbranched alkanes of at least 4 members (excludes halogenated alkanes) is 1. The fraction of sp³-hybridized carbons (Fsp3) is 0.385. The van der Waals surface area contributed by atoms with Crippen LogP contribution in [0.25, 0.3) is 0 Å². The molecule has 0 bridgehead atoms. The molecule has 7 nitrogen and oxygen atoms in total. The number of aromatic amines is 1. The normalized spacial score (nSPS) is 11.5. The van der Waals surface area contributed by atoms with E-state index < -0.39 is 10.0 Å². The van der Waals surface area contributed by atoms with Gasteiger partial charge >= 0.3 is 0 Å². The van der Waals surface area contributed by atoms with Crippen LogP contribution in [0.3, 0.4) is 0 Å². The molecule has 0 atom stereocenters. The van der Waals surface area contributed by atoms with E-state index >= 15 is 0 Å². The maximum atomic E-state index is 12.3. The predicted octanol–water partition coefficient (Wildman–Crippen LogP) is 1.29. The summed E-state index contributed by atoms with van der Waals surface area (Å²) >= 11 is 0. The SMILES string of the molecule is CCCCNC(=O)c1cc(S(=O)(=O)n2cnc(C)c2)c[nH]1. The molecule has 0 radical (unpaired) electrons. The largest absolute Gasteiger partial charge is 0.356 e. The van der Waals surface area contributed by atoms with E-state index in [2.05, 4.69) is 15.3 Å². The molecule has 2 heterocycles. The first-order valence-electron chi connectivity index (χ1n) is 6.68. The number of rotatable bonds is 6. The van der Waals surface area contributed by atoms with Gasteiger partial charge < -0.3 is 10.3 Å². The highest BCUT2D eigenvalue weighted by Crippen LogP contribution is 2.15. The third-order valence-electron chi connectivity index (χ3n) is 2.98. The van der Waals surface area contributed by atoms with Crippen LogP contribution in [-0.4, -0.2) is 34.8 Å². The van der Waals surface area contributed by atoms with Crippen molar-refractivity contribution in [3.63, 3.8) is 0 Å². The van der Waals surface area contributed by atoms with Crippen LogP contribution in [0.2, 0.25) is 0 Å². The molecule has 114 valence electrons. The summed E-state index contributed by atoms with van der Waals surface area (Å²) in [4.78, 5) is 18.5. The van der Waals surface area contributed by atoms with Crippen molar-refractivity contribution in [3.8, 4) is 0 Å². The van der Waals surface area contributed by atoms with Gasteiger partial charge in [-0.2, -0.15) is 0 Å². The molecule has 2 aromatic rings. The van der Waals surface area contributed by atoms with Gasteiger partial charge in [-0.3, -0.25) is 4.79 Å². The highest BCUT2D eigenvalue weighted by atomic mass is 32.2. The van der Waals surface area contributed by atoms with E-state index in [4.69, 9.17) is 0 Å². The molecule has 2 N–H and O–H groups in total. The van der Waals surface area contributed by atoms with Crippen molar-refractivity contribution in [3.05, 3.63) is 36.2 Å². The molecule has 21 heavy (non-hydrogen) atoms. The quantitative estimate of drug-likeness (QED) is 0.786. The first-order valence-corrected chi connectivity index (χ1v) is 8.12. The molecule has 0 saturated heterocycles. The van der Waals surface area contributed by atoms with Gasteiger partial charge in [0.15, 0.2) is 0 Å². The number of carbonyl (C=O) groups is 1. The Morgan fingerprint density at radius 3 is 2.86 bits per heavy atom.